The molecule has 0 aliphatic carbocycles. The van der Waals surface area contributed by atoms with Crippen molar-refractivity contribution in [2.24, 2.45) is 0 Å². The van der Waals surface area contributed by atoms with Crippen molar-refractivity contribution in [2.45, 2.75) is 32.7 Å². The maximum Gasteiger partial charge on any atom is 0.305 e. The summed E-state index contributed by atoms with van der Waals surface area (Å²) in [4.78, 5) is 14.8. The molecule has 0 unspecified atom stereocenters. The lowest BCUT2D eigenvalue weighted by Gasteiger charge is -2.04. The van der Waals surface area contributed by atoms with E-state index >= 15 is 0 Å². The minimum atomic E-state index is -3.44. The van der Waals surface area contributed by atoms with E-state index in [-0.39, 0.29) is 25.1 Å². The highest BCUT2D eigenvalue weighted by atomic mass is 32.2. The number of nitrogens with one attached hydrogen (secondary N) is 1. The largest absolute Gasteiger partial charge is 0.469 e. The Hall–Kier alpha value is -1.41. The minimum Gasteiger partial charge on any atom is -0.469 e. The molecule has 0 spiro atoms. The van der Waals surface area contributed by atoms with E-state index in [9.17, 15) is 13.2 Å². The van der Waals surface area contributed by atoms with Gasteiger partial charge in [0.25, 0.3) is 0 Å². The zero-order valence-corrected chi connectivity index (χ0v) is 11.8. The molecule has 8 heteroatoms. The molecular formula is C11H18N2O5S. The summed E-state index contributed by atoms with van der Waals surface area (Å²) in [7, 11) is -2.17. The van der Waals surface area contributed by atoms with Crippen molar-refractivity contribution in [3.63, 3.8) is 0 Å². The van der Waals surface area contributed by atoms with Gasteiger partial charge < -0.3 is 9.15 Å². The topological polar surface area (TPSA) is 98.5 Å². The van der Waals surface area contributed by atoms with Gasteiger partial charge in [-0.3, -0.25) is 4.79 Å². The molecule has 19 heavy (non-hydrogen) atoms. The first kappa shape index (κ1) is 15.6. The zero-order valence-electron chi connectivity index (χ0n) is 11.0. The number of aromatic nitrogens is 1. The summed E-state index contributed by atoms with van der Waals surface area (Å²) in [6.07, 6.45) is 2.57. The Morgan fingerprint density at radius 2 is 2.26 bits per heavy atom. The molecule has 1 rings (SSSR count). The van der Waals surface area contributed by atoms with Crippen molar-refractivity contribution >= 4 is 16.0 Å². The molecule has 1 N–H and O–H groups in total. The maximum atomic E-state index is 11.6. The van der Waals surface area contributed by atoms with E-state index in [4.69, 9.17) is 4.42 Å². The van der Waals surface area contributed by atoms with Crippen LogP contribution in [0.25, 0.3) is 0 Å². The Bertz CT molecular complexity index is 509. The Balaban J connectivity index is 2.36. The number of hydrogen-bond donors (Lipinski definition) is 1. The smallest absolute Gasteiger partial charge is 0.305 e. The SMILES string of the molecule is CCc1cnc(CNS(=O)(=O)CCCC(=O)OC)o1. The van der Waals surface area contributed by atoms with Crippen molar-refractivity contribution in [1.82, 2.24) is 9.71 Å². The molecule has 1 aromatic rings. The average Bonchev–Trinajstić information content (AvgIpc) is 2.84. The van der Waals surface area contributed by atoms with Crippen molar-refractivity contribution in [3.05, 3.63) is 17.8 Å². The normalized spacial score (nSPS) is 11.5. The maximum absolute atomic E-state index is 11.6. The third-order valence-electron chi connectivity index (χ3n) is 2.41. The predicted molar refractivity (Wildman–Crippen MR) is 67.8 cm³/mol. The molecular weight excluding hydrogens is 272 g/mol. The van der Waals surface area contributed by atoms with Crippen molar-refractivity contribution in [1.29, 1.82) is 0 Å². The van der Waals surface area contributed by atoms with E-state index in [0.717, 1.165) is 0 Å². The molecule has 0 saturated carbocycles. The summed E-state index contributed by atoms with van der Waals surface area (Å²) in [5, 5.41) is 0. The number of methoxy groups -OCH3 is 1. The van der Waals surface area contributed by atoms with Gasteiger partial charge in [-0.15, -0.1) is 0 Å². The number of hydrogen-bond acceptors (Lipinski definition) is 6. The zero-order chi connectivity index (χ0) is 14.3. The van der Waals surface area contributed by atoms with Crippen molar-refractivity contribution < 1.29 is 22.4 Å². The van der Waals surface area contributed by atoms with Gasteiger partial charge in [0.05, 0.1) is 25.6 Å². The van der Waals surface area contributed by atoms with Gasteiger partial charge in [0, 0.05) is 12.8 Å². The van der Waals surface area contributed by atoms with Gasteiger partial charge in [0.15, 0.2) is 0 Å². The number of carbonyl (C=O) groups is 1. The molecule has 1 heterocycles. The number of ether oxygens (including phenoxy) is 1. The number of rotatable bonds is 8. The van der Waals surface area contributed by atoms with E-state index in [1.54, 1.807) is 6.20 Å². The third-order valence-corrected chi connectivity index (χ3v) is 3.83. The summed E-state index contributed by atoms with van der Waals surface area (Å²) in [6.45, 7) is 1.93. The Kier molecular flexibility index (Phi) is 5.97. The van der Waals surface area contributed by atoms with Gasteiger partial charge in [-0.2, -0.15) is 0 Å². The second-order valence-corrected chi connectivity index (χ2v) is 5.82. The van der Waals surface area contributed by atoms with Gasteiger partial charge in [0.1, 0.15) is 5.76 Å². The number of carbonyl (C=O) groups excluding carboxylic acids is 1. The first-order valence-corrected chi connectivity index (χ1v) is 7.59. The Labute approximate surface area is 112 Å². The molecule has 7 nitrogen and oxygen atoms in total. The quantitative estimate of drug-likeness (QED) is 0.704. The predicted octanol–water partition coefficient (Wildman–Crippen LogP) is 0.610. The Morgan fingerprint density at radius 1 is 1.53 bits per heavy atom. The number of nitrogens with zero attached hydrogens (tertiary/aromatic N) is 1. The van der Waals surface area contributed by atoms with E-state index in [1.165, 1.54) is 7.11 Å². The highest BCUT2D eigenvalue weighted by Crippen LogP contribution is 2.04. The first-order valence-electron chi connectivity index (χ1n) is 5.94. The number of oxazole rings is 1. The van der Waals surface area contributed by atoms with Crippen LogP contribution in [0.3, 0.4) is 0 Å². The molecule has 0 bridgehead atoms. The summed E-state index contributed by atoms with van der Waals surface area (Å²) < 4.78 is 35.3. The fourth-order valence-electron chi connectivity index (χ4n) is 1.35. The molecule has 0 radical (unpaired) electrons. The van der Waals surface area contributed by atoms with Crippen LogP contribution in [-0.2, 0) is 32.5 Å². The van der Waals surface area contributed by atoms with E-state index in [0.29, 0.717) is 18.1 Å². The van der Waals surface area contributed by atoms with Crippen LogP contribution in [-0.4, -0.2) is 32.2 Å². The highest BCUT2D eigenvalue weighted by molar-refractivity contribution is 7.89. The molecule has 1 aromatic heterocycles. The van der Waals surface area contributed by atoms with E-state index in [1.807, 2.05) is 6.92 Å². The molecule has 0 aromatic carbocycles. The van der Waals surface area contributed by atoms with Crippen LogP contribution in [0.5, 0.6) is 0 Å². The van der Waals surface area contributed by atoms with E-state index in [2.05, 4.69) is 14.4 Å². The van der Waals surface area contributed by atoms with Crippen molar-refractivity contribution in [3.8, 4) is 0 Å². The number of aryl methyl sites for hydroxylation is 1. The summed E-state index contributed by atoms with van der Waals surface area (Å²) in [6, 6.07) is 0. The molecule has 108 valence electrons. The lowest BCUT2D eigenvalue weighted by molar-refractivity contribution is -0.140. The fourth-order valence-corrected chi connectivity index (χ4v) is 2.36. The van der Waals surface area contributed by atoms with Crippen LogP contribution >= 0.6 is 0 Å². The third kappa shape index (κ3) is 5.84. The van der Waals surface area contributed by atoms with Gasteiger partial charge in [-0.1, -0.05) is 6.92 Å². The van der Waals surface area contributed by atoms with Gasteiger partial charge in [-0.05, 0) is 6.42 Å². The van der Waals surface area contributed by atoms with Gasteiger partial charge >= 0.3 is 5.97 Å². The van der Waals surface area contributed by atoms with E-state index < -0.39 is 16.0 Å². The second-order valence-electron chi connectivity index (χ2n) is 3.89. The average molecular weight is 290 g/mol. The molecule has 0 aliphatic heterocycles. The molecule has 0 atom stereocenters. The van der Waals surface area contributed by atoms with Crippen molar-refractivity contribution in [2.75, 3.05) is 12.9 Å². The minimum absolute atomic E-state index is 0.0144. The van der Waals surface area contributed by atoms with Crippen LogP contribution in [0, 0.1) is 0 Å². The summed E-state index contributed by atoms with van der Waals surface area (Å²) in [5.41, 5.74) is 0. The van der Waals surface area contributed by atoms with Crippen LogP contribution in [0.15, 0.2) is 10.6 Å². The molecule has 0 saturated heterocycles. The number of sulfonamides is 1. The highest BCUT2D eigenvalue weighted by Gasteiger charge is 2.13. The molecule has 0 aliphatic rings. The first-order chi connectivity index (χ1) is 8.96. The number of esters is 1. The monoisotopic (exact) mass is 290 g/mol. The summed E-state index contributed by atoms with van der Waals surface area (Å²) >= 11 is 0. The lowest BCUT2D eigenvalue weighted by atomic mass is 10.3. The van der Waals surface area contributed by atoms with Crippen LogP contribution in [0.4, 0.5) is 0 Å². The Morgan fingerprint density at radius 3 is 2.84 bits per heavy atom. The van der Waals surface area contributed by atoms with Gasteiger partial charge in [0.2, 0.25) is 15.9 Å². The molecule has 0 amide bonds. The molecule has 0 fully saturated rings. The van der Waals surface area contributed by atoms with Crippen LogP contribution in [0.2, 0.25) is 0 Å². The second kappa shape index (κ2) is 7.25. The summed E-state index contributed by atoms with van der Waals surface area (Å²) in [5.74, 6) is 0.479. The standard InChI is InChI=1S/C11H18N2O5S/c1-3-9-7-12-10(18-9)8-13-19(15,16)6-4-5-11(14)17-2/h7,13H,3-6,8H2,1-2H3. The van der Waals surface area contributed by atoms with Crippen LogP contribution in [0.1, 0.15) is 31.4 Å². The lowest BCUT2D eigenvalue weighted by Crippen LogP contribution is -2.26. The fraction of sp³-hybridized carbons (Fsp3) is 0.636. The van der Waals surface area contributed by atoms with Crippen LogP contribution < -0.4 is 4.72 Å². The van der Waals surface area contributed by atoms with Gasteiger partial charge in [-0.25, -0.2) is 18.1 Å².